The van der Waals surface area contributed by atoms with Crippen molar-refractivity contribution in [1.29, 1.82) is 0 Å². The van der Waals surface area contributed by atoms with Gasteiger partial charge in [-0.1, -0.05) is 12.1 Å². The monoisotopic (exact) mass is 199 g/mol. The van der Waals surface area contributed by atoms with Crippen LogP contribution < -0.4 is 0 Å². The van der Waals surface area contributed by atoms with Crippen LogP contribution in [0.3, 0.4) is 0 Å². The molecule has 5 nitrogen and oxygen atoms in total. The van der Waals surface area contributed by atoms with Gasteiger partial charge in [0.2, 0.25) is 0 Å². The van der Waals surface area contributed by atoms with Crippen molar-refractivity contribution >= 4 is 0 Å². The van der Waals surface area contributed by atoms with Crippen molar-refractivity contribution in [2.45, 2.75) is 25.9 Å². The van der Waals surface area contributed by atoms with Crippen molar-refractivity contribution in [3.05, 3.63) is 11.9 Å². The summed E-state index contributed by atoms with van der Waals surface area (Å²) in [4.78, 5) is 0. The predicted octanol–water partition coefficient (Wildman–Crippen LogP) is 0.665. The summed E-state index contributed by atoms with van der Waals surface area (Å²) in [6, 6.07) is 0. The summed E-state index contributed by atoms with van der Waals surface area (Å²) in [5, 5.41) is 17.2. The van der Waals surface area contributed by atoms with Gasteiger partial charge in [0.25, 0.3) is 0 Å². The minimum Gasteiger partial charge on any atom is -0.387 e. The van der Waals surface area contributed by atoms with Gasteiger partial charge in [-0.25, -0.2) is 4.68 Å². The Labute approximate surface area is 83.7 Å². The van der Waals surface area contributed by atoms with Crippen LogP contribution in [0.1, 0.15) is 31.6 Å². The van der Waals surface area contributed by atoms with E-state index in [-0.39, 0.29) is 0 Å². The van der Waals surface area contributed by atoms with Gasteiger partial charge in [0.15, 0.2) is 0 Å². The Morgan fingerprint density at radius 1 is 1.57 bits per heavy atom. The van der Waals surface area contributed by atoms with Crippen LogP contribution in [0, 0.1) is 0 Å². The molecule has 1 aromatic heterocycles. The quantitative estimate of drug-likeness (QED) is 0.684. The third-order valence-corrected chi connectivity index (χ3v) is 1.97. The summed E-state index contributed by atoms with van der Waals surface area (Å²) in [7, 11) is 1.76. The molecule has 1 atom stereocenters. The number of aliphatic hydroxyl groups is 1. The van der Waals surface area contributed by atoms with Crippen LogP contribution in [-0.4, -0.2) is 33.3 Å². The van der Waals surface area contributed by atoms with E-state index in [9.17, 15) is 5.11 Å². The van der Waals surface area contributed by atoms with E-state index in [1.807, 2.05) is 0 Å². The highest BCUT2D eigenvalue weighted by molar-refractivity contribution is 4.97. The number of hydrogen-bond acceptors (Lipinski definition) is 4. The van der Waals surface area contributed by atoms with Crippen LogP contribution >= 0.6 is 0 Å². The lowest BCUT2D eigenvalue weighted by molar-refractivity contribution is 0.0787. The zero-order chi connectivity index (χ0) is 10.4. The number of ether oxygens (including phenoxy) is 1. The first kappa shape index (κ1) is 11.1. The highest BCUT2D eigenvalue weighted by atomic mass is 16.5. The topological polar surface area (TPSA) is 60.2 Å². The Morgan fingerprint density at radius 3 is 2.93 bits per heavy atom. The average Bonchev–Trinajstić information content (AvgIpc) is 2.59. The molecule has 0 aliphatic heterocycles. The molecule has 14 heavy (non-hydrogen) atoms. The minimum atomic E-state index is -0.535. The van der Waals surface area contributed by atoms with E-state index in [1.54, 1.807) is 17.9 Å². The van der Waals surface area contributed by atoms with Crippen molar-refractivity contribution in [1.82, 2.24) is 15.0 Å². The van der Waals surface area contributed by atoms with E-state index in [4.69, 9.17) is 4.74 Å². The highest BCUT2D eigenvalue weighted by Crippen LogP contribution is 2.13. The van der Waals surface area contributed by atoms with E-state index < -0.39 is 6.10 Å². The third-order valence-electron chi connectivity index (χ3n) is 1.97. The molecule has 0 spiro atoms. The first-order chi connectivity index (χ1) is 6.75. The summed E-state index contributed by atoms with van der Waals surface area (Å²) < 4.78 is 6.86. The number of aromatic nitrogens is 3. The van der Waals surface area contributed by atoms with Crippen molar-refractivity contribution < 1.29 is 9.84 Å². The molecule has 1 heterocycles. The lowest BCUT2D eigenvalue weighted by Crippen LogP contribution is -2.08. The average molecular weight is 199 g/mol. The predicted molar refractivity (Wildman–Crippen MR) is 51.7 cm³/mol. The molecule has 5 heteroatoms. The molecular formula is C9H17N3O2. The molecule has 0 saturated heterocycles. The smallest absolute Gasteiger partial charge is 0.0994 e. The van der Waals surface area contributed by atoms with Crippen LogP contribution in [0.25, 0.3) is 0 Å². The van der Waals surface area contributed by atoms with Crippen molar-refractivity contribution in [3.63, 3.8) is 0 Å². The molecule has 0 fully saturated rings. The lowest BCUT2D eigenvalue weighted by Gasteiger charge is -2.09. The molecule has 0 aromatic carbocycles. The van der Waals surface area contributed by atoms with Gasteiger partial charge >= 0.3 is 0 Å². The van der Waals surface area contributed by atoms with Crippen LogP contribution in [0.2, 0.25) is 0 Å². The van der Waals surface area contributed by atoms with Gasteiger partial charge < -0.3 is 9.84 Å². The Bertz CT molecular complexity index is 262. The number of hydrogen-bond donors (Lipinski definition) is 1. The lowest BCUT2D eigenvalue weighted by atomic mass is 10.2. The maximum Gasteiger partial charge on any atom is 0.0994 e. The van der Waals surface area contributed by atoms with Crippen LogP contribution in [-0.2, 0) is 11.8 Å². The summed E-state index contributed by atoms with van der Waals surface area (Å²) in [5.41, 5.74) is 0.727. The molecule has 0 saturated carbocycles. The Balaban J connectivity index is 2.28. The summed E-state index contributed by atoms with van der Waals surface area (Å²) in [5.74, 6) is 0. The molecule has 1 rings (SSSR count). The number of rotatable bonds is 6. The Hall–Kier alpha value is -0.940. The second kappa shape index (κ2) is 5.72. The zero-order valence-electron chi connectivity index (χ0n) is 8.68. The van der Waals surface area contributed by atoms with Crippen LogP contribution in [0.5, 0.6) is 0 Å². The maximum atomic E-state index is 9.71. The van der Waals surface area contributed by atoms with Gasteiger partial charge in [-0.2, -0.15) is 0 Å². The van der Waals surface area contributed by atoms with Crippen molar-refractivity contribution in [2.75, 3.05) is 13.2 Å². The molecular weight excluding hydrogens is 182 g/mol. The molecule has 80 valence electrons. The van der Waals surface area contributed by atoms with Gasteiger partial charge in [0.1, 0.15) is 0 Å². The second-order valence-electron chi connectivity index (χ2n) is 3.20. The number of aliphatic hydroxyl groups excluding tert-OH is 1. The van der Waals surface area contributed by atoms with E-state index in [0.29, 0.717) is 13.0 Å². The standard InChI is InChI=1S/C9H17N3O2/c1-3-5-14-6-4-9(13)8-7-10-11-12(8)2/h7,9,13H,3-6H2,1-2H3. The normalized spacial score (nSPS) is 13.1. The molecule has 0 amide bonds. The minimum absolute atomic E-state index is 0.535. The number of nitrogens with zero attached hydrogens (tertiary/aromatic N) is 3. The first-order valence-electron chi connectivity index (χ1n) is 4.86. The van der Waals surface area contributed by atoms with E-state index in [1.165, 1.54) is 0 Å². The van der Waals surface area contributed by atoms with Crippen molar-refractivity contribution in [3.8, 4) is 0 Å². The SMILES string of the molecule is CCCOCCC(O)c1cnnn1C. The van der Waals surface area contributed by atoms with Gasteiger partial charge in [-0.05, 0) is 6.42 Å². The van der Waals surface area contributed by atoms with E-state index >= 15 is 0 Å². The molecule has 0 radical (unpaired) electrons. The summed E-state index contributed by atoms with van der Waals surface area (Å²) in [6.07, 6.45) is 2.63. The van der Waals surface area contributed by atoms with E-state index in [2.05, 4.69) is 17.2 Å². The fourth-order valence-corrected chi connectivity index (χ4v) is 1.19. The van der Waals surface area contributed by atoms with Gasteiger partial charge in [-0.15, -0.1) is 5.10 Å². The second-order valence-corrected chi connectivity index (χ2v) is 3.20. The van der Waals surface area contributed by atoms with Gasteiger partial charge in [-0.3, -0.25) is 0 Å². The fraction of sp³-hybridized carbons (Fsp3) is 0.778. The summed E-state index contributed by atoms with van der Waals surface area (Å²) in [6.45, 7) is 3.37. The fourth-order valence-electron chi connectivity index (χ4n) is 1.19. The van der Waals surface area contributed by atoms with Crippen LogP contribution in [0.4, 0.5) is 0 Å². The maximum absolute atomic E-state index is 9.71. The van der Waals surface area contributed by atoms with E-state index in [0.717, 1.165) is 18.7 Å². The van der Waals surface area contributed by atoms with Gasteiger partial charge in [0, 0.05) is 26.7 Å². The van der Waals surface area contributed by atoms with Crippen LogP contribution in [0.15, 0.2) is 6.20 Å². The Kier molecular flexibility index (Phi) is 4.55. The first-order valence-corrected chi connectivity index (χ1v) is 4.86. The zero-order valence-corrected chi connectivity index (χ0v) is 8.68. The van der Waals surface area contributed by atoms with Crippen molar-refractivity contribution in [2.24, 2.45) is 7.05 Å². The molecule has 0 aliphatic carbocycles. The molecule has 1 N–H and O–H groups in total. The molecule has 0 bridgehead atoms. The molecule has 0 aliphatic rings. The molecule has 1 aromatic rings. The number of aryl methyl sites for hydroxylation is 1. The van der Waals surface area contributed by atoms with Gasteiger partial charge in [0.05, 0.1) is 18.0 Å². The molecule has 1 unspecified atom stereocenters. The summed E-state index contributed by atoms with van der Waals surface area (Å²) >= 11 is 0. The third kappa shape index (κ3) is 3.08. The largest absolute Gasteiger partial charge is 0.387 e. The Morgan fingerprint density at radius 2 is 2.36 bits per heavy atom. The highest BCUT2D eigenvalue weighted by Gasteiger charge is 2.11.